The SMILES string of the molecule is CNC(=O)c1c(N(C)CC(O)CO)ncn1CC(O)CO. The quantitative estimate of drug-likeness (QED) is 0.355. The first kappa shape index (κ1) is 17.4. The van der Waals surface area contributed by atoms with Gasteiger partial charge in [0.15, 0.2) is 11.5 Å². The Bertz CT molecular complexity index is 465. The van der Waals surface area contributed by atoms with Crippen molar-refractivity contribution in [2.45, 2.75) is 18.8 Å². The first-order valence-corrected chi connectivity index (χ1v) is 6.50. The third kappa shape index (κ3) is 4.39. The third-order valence-electron chi connectivity index (χ3n) is 2.94. The van der Waals surface area contributed by atoms with E-state index in [2.05, 4.69) is 10.3 Å². The van der Waals surface area contributed by atoms with Crippen LogP contribution in [-0.4, -0.2) is 81.9 Å². The molecule has 0 aliphatic carbocycles. The maximum absolute atomic E-state index is 12.0. The van der Waals surface area contributed by atoms with Gasteiger partial charge in [-0.2, -0.15) is 0 Å². The zero-order valence-corrected chi connectivity index (χ0v) is 12.1. The first-order chi connectivity index (χ1) is 9.94. The van der Waals surface area contributed by atoms with Crippen molar-refractivity contribution in [3.05, 3.63) is 12.0 Å². The van der Waals surface area contributed by atoms with Crippen LogP contribution in [-0.2, 0) is 6.54 Å². The fourth-order valence-corrected chi connectivity index (χ4v) is 1.88. The smallest absolute Gasteiger partial charge is 0.271 e. The van der Waals surface area contributed by atoms with Crippen molar-refractivity contribution in [3.8, 4) is 0 Å². The average molecular weight is 302 g/mol. The number of nitrogens with one attached hydrogen (secondary N) is 1. The Labute approximate surface area is 122 Å². The summed E-state index contributed by atoms with van der Waals surface area (Å²) in [6.45, 7) is -0.716. The number of nitrogens with zero attached hydrogens (tertiary/aromatic N) is 3. The van der Waals surface area contributed by atoms with Gasteiger partial charge in [-0.05, 0) is 0 Å². The molecule has 1 aromatic rings. The highest BCUT2D eigenvalue weighted by Gasteiger charge is 2.22. The summed E-state index contributed by atoms with van der Waals surface area (Å²) in [5, 5.41) is 39.2. The normalized spacial score (nSPS) is 13.8. The third-order valence-corrected chi connectivity index (χ3v) is 2.94. The topological polar surface area (TPSA) is 131 Å². The van der Waals surface area contributed by atoms with Crippen molar-refractivity contribution in [1.82, 2.24) is 14.9 Å². The van der Waals surface area contributed by atoms with Crippen molar-refractivity contribution in [2.75, 3.05) is 38.8 Å². The predicted molar refractivity (Wildman–Crippen MR) is 75.1 cm³/mol. The molecule has 1 amide bonds. The van der Waals surface area contributed by atoms with Gasteiger partial charge >= 0.3 is 0 Å². The number of hydrogen-bond donors (Lipinski definition) is 5. The van der Waals surface area contributed by atoms with E-state index in [1.165, 1.54) is 22.8 Å². The van der Waals surface area contributed by atoms with E-state index < -0.39 is 31.3 Å². The second kappa shape index (κ2) is 7.93. The Morgan fingerprint density at radius 2 is 2.00 bits per heavy atom. The molecule has 0 fully saturated rings. The van der Waals surface area contributed by atoms with Crippen LogP contribution in [0.3, 0.4) is 0 Å². The predicted octanol–water partition coefficient (Wildman–Crippen LogP) is -2.61. The summed E-state index contributed by atoms with van der Waals surface area (Å²) in [5.74, 6) is -0.0926. The van der Waals surface area contributed by atoms with E-state index in [0.29, 0.717) is 5.82 Å². The summed E-state index contributed by atoms with van der Waals surface area (Å²) >= 11 is 0. The first-order valence-electron chi connectivity index (χ1n) is 6.50. The van der Waals surface area contributed by atoms with Gasteiger partial charge in [-0.1, -0.05) is 0 Å². The molecule has 1 aromatic heterocycles. The van der Waals surface area contributed by atoms with E-state index in [4.69, 9.17) is 10.2 Å². The van der Waals surface area contributed by atoms with Crippen LogP contribution in [0.25, 0.3) is 0 Å². The number of amides is 1. The van der Waals surface area contributed by atoms with Crippen LogP contribution >= 0.6 is 0 Å². The Hall–Kier alpha value is -1.68. The van der Waals surface area contributed by atoms with E-state index in [1.54, 1.807) is 7.05 Å². The van der Waals surface area contributed by atoms with Gasteiger partial charge in [-0.3, -0.25) is 4.79 Å². The van der Waals surface area contributed by atoms with Gasteiger partial charge in [0.05, 0.1) is 38.3 Å². The molecule has 0 bridgehead atoms. The number of anilines is 1. The number of hydrogen-bond acceptors (Lipinski definition) is 7. The van der Waals surface area contributed by atoms with Gasteiger partial charge < -0.3 is 35.2 Å². The molecule has 2 atom stereocenters. The largest absolute Gasteiger partial charge is 0.394 e. The molecule has 0 aromatic carbocycles. The Kier molecular flexibility index (Phi) is 6.56. The zero-order chi connectivity index (χ0) is 16.0. The van der Waals surface area contributed by atoms with Gasteiger partial charge in [-0.15, -0.1) is 0 Å². The molecule has 1 rings (SSSR count). The number of imidazole rings is 1. The van der Waals surface area contributed by atoms with E-state index in [1.807, 2.05) is 0 Å². The van der Waals surface area contributed by atoms with E-state index in [0.717, 1.165) is 0 Å². The fraction of sp³-hybridized carbons (Fsp3) is 0.667. The molecule has 2 unspecified atom stereocenters. The number of aromatic nitrogens is 2. The minimum atomic E-state index is -1.01. The Balaban J connectivity index is 3.06. The van der Waals surface area contributed by atoms with Crippen molar-refractivity contribution in [2.24, 2.45) is 0 Å². The van der Waals surface area contributed by atoms with Gasteiger partial charge in [0.25, 0.3) is 5.91 Å². The summed E-state index contributed by atoms with van der Waals surface area (Å²) in [6.07, 6.45) is -0.592. The molecule has 21 heavy (non-hydrogen) atoms. The molecule has 0 aliphatic rings. The van der Waals surface area contributed by atoms with Gasteiger partial charge in [-0.25, -0.2) is 4.98 Å². The van der Waals surface area contributed by atoms with Crippen LogP contribution < -0.4 is 10.2 Å². The highest BCUT2D eigenvalue weighted by molar-refractivity contribution is 5.97. The maximum atomic E-state index is 12.0. The highest BCUT2D eigenvalue weighted by atomic mass is 16.3. The number of carbonyl (C=O) groups excluding carboxylic acids is 1. The Morgan fingerprint density at radius 1 is 1.38 bits per heavy atom. The van der Waals surface area contributed by atoms with Gasteiger partial charge in [0.2, 0.25) is 0 Å². The minimum Gasteiger partial charge on any atom is -0.394 e. The maximum Gasteiger partial charge on any atom is 0.271 e. The summed E-state index contributed by atoms with van der Waals surface area (Å²) in [6, 6.07) is 0. The van der Waals surface area contributed by atoms with Crippen molar-refractivity contribution in [1.29, 1.82) is 0 Å². The summed E-state index contributed by atoms with van der Waals surface area (Å²) in [4.78, 5) is 17.6. The molecule has 0 saturated carbocycles. The molecular weight excluding hydrogens is 280 g/mol. The molecule has 0 radical (unpaired) electrons. The van der Waals surface area contributed by atoms with Crippen molar-refractivity contribution in [3.63, 3.8) is 0 Å². The van der Waals surface area contributed by atoms with Crippen LogP contribution in [0.4, 0.5) is 5.82 Å². The summed E-state index contributed by atoms with van der Waals surface area (Å²) in [7, 11) is 3.09. The number of rotatable bonds is 8. The molecule has 9 heteroatoms. The van der Waals surface area contributed by atoms with Gasteiger partial charge in [0, 0.05) is 20.6 Å². The molecule has 0 aliphatic heterocycles. The minimum absolute atomic E-state index is 0.0165. The van der Waals surface area contributed by atoms with Crippen LogP contribution in [0.5, 0.6) is 0 Å². The summed E-state index contributed by atoms with van der Waals surface area (Å²) in [5.41, 5.74) is 0.206. The molecule has 0 spiro atoms. The standard InChI is InChI=1S/C12H22N4O5/c1-13-12(21)10-11(15(2)3-8(19)5-17)14-7-16(10)4-9(20)6-18/h7-9,17-20H,3-6H2,1-2H3,(H,13,21). The second-order valence-electron chi connectivity index (χ2n) is 4.70. The monoisotopic (exact) mass is 302 g/mol. The molecule has 120 valence electrons. The molecule has 5 N–H and O–H groups in total. The lowest BCUT2D eigenvalue weighted by Gasteiger charge is -2.21. The molecule has 1 heterocycles. The lowest BCUT2D eigenvalue weighted by atomic mass is 10.3. The van der Waals surface area contributed by atoms with Gasteiger partial charge in [0.1, 0.15) is 0 Å². The zero-order valence-electron chi connectivity index (χ0n) is 12.1. The molecule has 0 saturated heterocycles. The number of likely N-dealkylation sites (N-methyl/N-ethyl adjacent to an activating group) is 1. The van der Waals surface area contributed by atoms with Crippen LogP contribution in [0.2, 0.25) is 0 Å². The van der Waals surface area contributed by atoms with Crippen LogP contribution in [0, 0.1) is 0 Å². The van der Waals surface area contributed by atoms with E-state index in [9.17, 15) is 15.0 Å². The fourth-order valence-electron chi connectivity index (χ4n) is 1.88. The number of aliphatic hydroxyl groups is 4. The van der Waals surface area contributed by atoms with Crippen LogP contribution in [0.15, 0.2) is 6.33 Å². The van der Waals surface area contributed by atoms with E-state index in [-0.39, 0.29) is 18.8 Å². The Morgan fingerprint density at radius 3 is 2.52 bits per heavy atom. The highest BCUT2D eigenvalue weighted by Crippen LogP contribution is 2.18. The average Bonchev–Trinajstić information content (AvgIpc) is 2.89. The summed E-state index contributed by atoms with van der Waals surface area (Å²) < 4.78 is 1.43. The second-order valence-corrected chi connectivity index (χ2v) is 4.70. The number of carbonyl (C=O) groups is 1. The van der Waals surface area contributed by atoms with Crippen molar-refractivity contribution < 1.29 is 25.2 Å². The van der Waals surface area contributed by atoms with Crippen LogP contribution in [0.1, 0.15) is 10.5 Å². The molecule has 9 nitrogen and oxygen atoms in total. The van der Waals surface area contributed by atoms with Crippen molar-refractivity contribution >= 4 is 11.7 Å². The number of aliphatic hydroxyl groups excluding tert-OH is 4. The lowest BCUT2D eigenvalue weighted by Crippen LogP contribution is -2.34. The molecular formula is C12H22N4O5. The van der Waals surface area contributed by atoms with E-state index >= 15 is 0 Å². The lowest BCUT2D eigenvalue weighted by molar-refractivity contribution is 0.0788.